The maximum absolute atomic E-state index is 13.3. The number of likely N-dealkylation sites (tertiary alicyclic amines) is 2. The van der Waals surface area contributed by atoms with E-state index in [1.807, 2.05) is 70.5 Å². The molecule has 2 atom stereocenters. The lowest BCUT2D eigenvalue weighted by Crippen LogP contribution is -2.64. The molecule has 8 aromatic rings. The second kappa shape index (κ2) is 22.1. The summed E-state index contributed by atoms with van der Waals surface area (Å²) in [5.74, 6) is 0.0288. The van der Waals surface area contributed by atoms with Gasteiger partial charge in [-0.05, 0) is 189 Å². The Labute approximate surface area is 466 Å². The van der Waals surface area contributed by atoms with Crippen molar-refractivity contribution in [2.75, 3.05) is 36.8 Å². The Balaban J connectivity index is 0.734. The zero-order valence-electron chi connectivity index (χ0n) is 45.7. The molecule has 2 amide bonds. The van der Waals surface area contributed by atoms with Gasteiger partial charge in [-0.15, -0.1) is 10.2 Å². The van der Waals surface area contributed by atoms with Gasteiger partial charge in [0.1, 0.15) is 12.1 Å². The minimum Gasteiger partial charge on any atom is -0.368 e. The van der Waals surface area contributed by atoms with Crippen molar-refractivity contribution in [3.05, 3.63) is 145 Å². The summed E-state index contributed by atoms with van der Waals surface area (Å²) in [5, 5.41) is 16.1. The number of nitrogens with zero attached hydrogens (tertiary/aromatic N) is 8. The first-order chi connectivity index (χ1) is 38.0. The standard InChI is InChI=1S/C58H68N14O6S2/c1-57(2,3)67-79(75,76)47-11-7-9-41(33-47)49-23-21-45-35-61-55(65-71(45)49)63-43-17-13-37(14-18-43)39-25-29-69(30-26-39)51(53(59)73)52(54(60)74)70-31-27-40(28-32-70)38-15-19-44(20-16-38)64-56-62-36-46-22-24-50(72(46)66-56)42-10-8-12-48(34-42)80(77,78)68-58(4,5)6/h7-24,33-36,39-40,51-52,67-68H,25-32H2,1-6H3,(H2,59,73)(H2,60,74)(H,63,65)(H,64,66). The molecular weight excluding hydrogens is 1050 g/mol. The number of rotatable bonds is 17. The number of aromatic nitrogens is 6. The Kier molecular flexibility index (Phi) is 15.4. The van der Waals surface area contributed by atoms with E-state index in [4.69, 9.17) is 21.7 Å². The number of fused-ring (bicyclic) bond motifs is 2. The van der Waals surface area contributed by atoms with Gasteiger partial charge in [0.15, 0.2) is 0 Å². The van der Waals surface area contributed by atoms with Crippen LogP contribution in [0.5, 0.6) is 0 Å². The van der Waals surface area contributed by atoms with Gasteiger partial charge in [0.05, 0.1) is 44.6 Å². The van der Waals surface area contributed by atoms with Crippen molar-refractivity contribution in [2.45, 2.75) is 112 Å². The van der Waals surface area contributed by atoms with Crippen LogP contribution in [0, 0.1) is 0 Å². The van der Waals surface area contributed by atoms with Crippen molar-refractivity contribution in [3.63, 3.8) is 0 Å². The third kappa shape index (κ3) is 12.5. The monoisotopic (exact) mass is 1120 g/mol. The second-order valence-electron chi connectivity index (χ2n) is 22.8. The van der Waals surface area contributed by atoms with Crippen LogP contribution in [0.25, 0.3) is 33.5 Å². The van der Waals surface area contributed by atoms with Crippen molar-refractivity contribution >= 4 is 66.2 Å². The summed E-state index contributed by atoms with van der Waals surface area (Å²) < 4.78 is 61.4. The highest BCUT2D eigenvalue weighted by Crippen LogP contribution is 2.35. The van der Waals surface area contributed by atoms with Gasteiger partial charge in [0, 0.05) is 33.6 Å². The number of amides is 2. The molecule has 8 N–H and O–H groups in total. The van der Waals surface area contributed by atoms with Gasteiger partial charge in [-0.25, -0.2) is 45.3 Å². The molecule has 0 aliphatic carbocycles. The molecule has 22 heteroatoms. The molecule has 6 heterocycles. The van der Waals surface area contributed by atoms with Crippen molar-refractivity contribution < 1.29 is 26.4 Å². The number of sulfonamides is 2. The molecule has 2 fully saturated rings. The van der Waals surface area contributed by atoms with Crippen LogP contribution >= 0.6 is 0 Å². The van der Waals surface area contributed by atoms with Crippen LogP contribution in [0.2, 0.25) is 0 Å². The van der Waals surface area contributed by atoms with E-state index in [0.29, 0.717) is 60.6 Å². The third-order valence-corrected chi connectivity index (χ3v) is 18.1. The molecule has 10 rings (SSSR count). The van der Waals surface area contributed by atoms with Gasteiger partial charge in [-0.1, -0.05) is 48.5 Å². The van der Waals surface area contributed by atoms with Crippen LogP contribution in [0.4, 0.5) is 23.3 Å². The number of anilines is 4. The van der Waals surface area contributed by atoms with E-state index in [9.17, 15) is 26.4 Å². The van der Waals surface area contributed by atoms with E-state index >= 15 is 0 Å². The van der Waals surface area contributed by atoms with Gasteiger partial charge in [0.25, 0.3) is 0 Å². The van der Waals surface area contributed by atoms with Crippen molar-refractivity contribution in [3.8, 4) is 22.5 Å². The number of benzene rings is 4. The van der Waals surface area contributed by atoms with Crippen molar-refractivity contribution in [2.24, 2.45) is 11.5 Å². The minimum absolute atomic E-state index is 0.161. The maximum atomic E-state index is 13.3. The topological polar surface area (TPSA) is 269 Å². The number of carbonyl (C=O) groups is 2. The summed E-state index contributed by atoms with van der Waals surface area (Å²) in [6, 6.07) is 35.6. The number of hydrogen-bond donors (Lipinski definition) is 6. The Bertz CT molecular complexity index is 3550. The third-order valence-electron chi connectivity index (χ3n) is 14.6. The Morgan fingerprint density at radius 2 is 0.887 bits per heavy atom. The normalized spacial score (nSPS) is 16.4. The molecule has 0 radical (unpaired) electrons. The van der Waals surface area contributed by atoms with Crippen LogP contribution in [0.3, 0.4) is 0 Å². The Morgan fingerprint density at radius 3 is 1.23 bits per heavy atom. The van der Waals surface area contributed by atoms with E-state index in [-0.39, 0.29) is 21.6 Å². The SMILES string of the molecule is CC(C)(C)NS(=O)(=O)c1cccc(-c2ccc3cnc(Nc4ccc(C5CCN(C(C(N)=O)C(C(N)=O)N6CCC(c7ccc(Nc8ncc9ccc(-c%10cccc(S(=O)(=O)NC(C)(C)C)c%10)n9n8)cc7)CC6)CC5)cc4)nn23)c1. The van der Waals surface area contributed by atoms with E-state index < -0.39 is 55.0 Å². The molecule has 2 aliphatic rings. The van der Waals surface area contributed by atoms with E-state index in [1.165, 1.54) is 0 Å². The average molecular weight is 1120 g/mol. The molecule has 418 valence electrons. The van der Waals surface area contributed by atoms with Crippen LogP contribution in [-0.4, -0.2) is 117 Å². The number of carbonyl (C=O) groups excluding carboxylic acids is 2. The molecule has 0 spiro atoms. The smallest absolute Gasteiger partial charge is 0.245 e. The summed E-state index contributed by atoms with van der Waals surface area (Å²) >= 11 is 0. The molecule has 4 aromatic heterocycles. The molecular formula is C58H68N14O6S2. The molecule has 80 heavy (non-hydrogen) atoms. The first-order valence-corrected chi connectivity index (χ1v) is 29.7. The van der Waals surface area contributed by atoms with Crippen LogP contribution in [0.15, 0.2) is 144 Å². The fraction of sp³-hybridized carbons (Fsp3) is 0.345. The minimum atomic E-state index is -3.75. The van der Waals surface area contributed by atoms with E-state index in [1.54, 1.807) is 99.4 Å². The van der Waals surface area contributed by atoms with Gasteiger partial charge in [-0.2, -0.15) is 0 Å². The van der Waals surface area contributed by atoms with Gasteiger partial charge >= 0.3 is 0 Å². The highest BCUT2D eigenvalue weighted by molar-refractivity contribution is 7.89. The maximum Gasteiger partial charge on any atom is 0.245 e. The number of nitrogens with two attached hydrogens (primary N) is 2. The predicted octanol–water partition coefficient (Wildman–Crippen LogP) is 7.51. The fourth-order valence-electron chi connectivity index (χ4n) is 11.0. The summed E-state index contributed by atoms with van der Waals surface area (Å²) in [6.07, 6.45) is 6.45. The van der Waals surface area contributed by atoms with Crippen LogP contribution < -0.4 is 31.5 Å². The highest BCUT2D eigenvalue weighted by atomic mass is 32.2. The number of hydrogen-bond acceptors (Lipinski definition) is 14. The summed E-state index contributed by atoms with van der Waals surface area (Å²) in [5.41, 5.74) is 19.1. The lowest BCUT2D eigenvalue weighted by molar-refractivity contribution is -0.136. The average Bonchev–Trinajstić information content (AvgIpc) is 4.04. The fourth-order valence-corrected chi connectivity index (χ4v) is 13.9. The molecule has 4 aromatic carbocycles. The first kappa shape index (κ1) is 55.7. The number of primary amides is 2. The highest BCUT2D eigenvalue weighted by Gasteiger charge is 2.42. The molecule has 2 aliphatic heterocycles. The molecule has 0 bridgehead atoms. The molecule has 0 saturated carbocycles. The quantitative estimate of drug-likeness (QED) is 0.0515. The van der Waals surface area contributed by atoms with Crippen molar-refractivity contribution in [1.29, 1.82) is 0 Å². The van der Waals surface area contributed by atoms with Gasteiger partial charge in [0.2, 0.25) is 43.8 Å². The van der Waals surface area contributed by atoms with Gasteiger partial charge < -0.3 is 22.1 Å². The lowest BCUT2D eigenvalue weighted by atomic mass is 9.86. The zero-order chi connectivity index (χ0) is 56.7. The largest absolute Gasteiger partial charge is 0.368 e. The summed E-state index contributed by atoms with van der Waals surface area (Å²) in [4.78, 5) is 40.0. The molecule has 20 nitrogen and oxygen atoms in total. The van der Waals surface area contributed by atoms with Crippen LogP contribution in [-0.2, 0) is 29.6 Å². The summed E-state index contributed by atoms with van der Waals surface area (Å²) in [7, 11) is -7.50. The predicted molar refractivity (Wildman–Crippen MR) is 310 cm³/mol. The Hall–Kier alpha value is -7.60. The second-order valence-corrected chi connectivity index (χ2v) is 26.2. The zero-order valence-corrected chi connectivity index (χ0v) is 47.3. The van der Waals surface area contributed by atoms with E-state index in [0.717, 1.165) is 59.2 Å². The van der Waals surface area contributed by atoms with Crippen molar-refractivity contribution in [1.82, 2.24) is 48.4 Å². The lowest BCUT2D eigenvalue weighted by Gasteiger charge is -2.44. The van der Waals surface area contributed by atoms with E-state index in [2.05, 4.69) is 54.3 Å². The van der Waals surface area contributed by atoms with Gasteiger partial charge in [-0.3, -0.25) is 19.4 Å². The number of piperidine rings is 2. The summed E-state index contributed by atoms with van der Waals surface area (Å²) in [6.45, 7) is 13.1. The Morgan fingerprint density at radius 1 is 0.525 bits per heavy atom. The number of nitrogens with one attached hydrogen (secondary N) is 4. The van der Waals surface area contributed by atoms with Crippen LogP contribution in [0.1, 0.15) is 90.2 Å². The molecule has 2 unspecified atom stereocenters. The first-order valence-electron chi connectivity index (χ1n) is 26.8. The molecule has 2 saturated heterocycles.